The molecular weight excluding hydrogens is 246 g/mol. The Balaban J connectivity index is 2.21. The summed E-state index contributed by atoms with van der Waals surface area (Å²) in [5.41, 5.74) is 0.417. The van der Waals surface area contributed by atoms with Gasteiger partial charge >= 0.3 is 0 Å². The molecule has 0 spiro atoms. The topological polar surface area (TPSA) is 92.8 Å². The number of aromatic nitrogens is 4. The number of tetrazole rings is 1. The van der Waals surface area contributed by atoms with Crippen LogP contribution in [-0.2, 0) is 0 Å². The quantitative estimate of drug-likeness (QED) is 0.855. The zero-order valence-corrected chi connectivity index (χ0v) is 9.52. The molecule has 0 atom stereocenters. The summed E-state index contributed by atoms with van der Waals surface area (Å²) in [5, 5.41) is 15.5. The fourth-order valence-electron chi connectivity index (χ4n) is 1.16. The average Bonchev–Trinajstić information content (AvgIpc) is 2.85. The van der Waals surface area contributed by atoms with Crippen LogP contribution in [0.3, 0.4) is 0 Å². The average molecular weight is 254 g/mol. The summed E-state index contributed by atoms with van der Waals surface area (Å²) in [6.45, 7) is 0. The summed E-state index contributed by atoms with van der Waals surface area (Å²) in [6, 6.07) is 4.90. The third-order valence-electron chi connectivity index (χ3n) is 1.97. The van der Waals surface area contributed by atoms with Crippen molar-refractivity contribution < 1.29 is 9.53 Å². The SMILES string of the molecule is COc1ccc(Cl)c(NC(=O)c2nn[nH]n2)c1. The predicted octanol–water partition coefficient (Wildman–Crippen LogP) is 1.11. The maximum atomic E-state index is 11.6. The van der Waals surface area contributed by atoms with Crippen LogP contribution in [0.4, 0.5) is 5.69 Å². The molecule has 2 aromatic rings. The highest BCUT2D eigenvalue weighted by atomic mass is 35.5. The minimum absolute atomic E-state index is 0.0658. The van der Waals surface area contributed by atoms with Crippen molar-refractivity contribution in [3.63, 3.8) is 0 Å². The molecule has 88 valence electrons. The fourth-order valence-corrected chi connectivity index (χ4v) is 1.33. The molecule has 2 N–H and O–H groups in total. The third-order valence-corrected chi connectivity index (χ3v) is 2.30. The zero-order chi connectivity index (χ0) is 12.3. The molecule has 0 aliphatic heterocycles. The van der Waals surface area contributed by atoms with Gasteiger partial charge in [-0.15, -0.1) is 10.2 Å². The summed E-state index contributed by atoms with van der Waals surface area (Å²) in [7, 11) is 1.52. The molecule has 1 heterocycles. The second-order valence-electron chi connectivity index (χ2n) is 3.04. The number of hydrogen-bond donors (Lipinski definition) is 2. The number of aromatic amines is 1. The number of rotatable bonds is 3. The maximum Gasteiger partial charge on any atom is 0.297 e. The highest BCUT2D eigenvalue weighted by Gasteiger charge is 2.13. The Kier molecular flexibility index (Phi) is 3.20. The Bertz CT molecular complexity index is 528. The molecule has 0 unspecified atom stereocenters. The first-order chi connectivity index (χ1) is 8.20. The molecule has 0 aliphatic rings. The molecular formula is C9H8ClN5O2. The largest absolute Gasteiger partial charge is 0.497 e. The van der Waals surface area contributed by atoms with Gasteiger partial charge in [-0.05, 0) is 17.3 Å². The van der Waals surface area contributed by atoms with Crippen molar-refractivity contribution in [1.29, 1.82) is 0 Å². The smallest absolute Gasteiger partial charge is 0.297 e. The highest BCUT2D eigenvalue weighted by molar-refractivity contribution is 6.33. The van der Waals surface area contributed by atoms with Crippen molar-refractivity contribution in [3.8, 4) is 5.75 Å². The van der Waals surface area contributed by atoms with Gasteiger partial charge in [-0.2, -0.15) is 5.21 Å². The molecule has 0 saturated carbocycles. The van der Waals surface area contributed by atoms with E-state index in [1.165, 1.54) is 7.11 Å². The third kappa shape index (κ3) is 2.51. The van der Waals surface area contributed by atoms with E-state index < -0.39 is 5.91 Å². The van der Waals surface area contributed by atoms with E-state index in [1.807, 2.05) is 0 Å². The summed E-state index contributed by atoms with van der Waals surface area (Å²) >= 11 is 5.92. The lowest BCUT2D eigenvalue weighted by Crippen LogP contribution is -2.14. The summed E-state index contributed by atoms with van der Waals surface area (Å²) in [5.74, 6) is 0.00982. The summed E-state index contributed by atoms with van der Waals surface area (Å²) in [6.07, 6.45) is 0. The van der Waals surface area contributed by atoms with E-state index in [9.17, 15) is 4.79 Å². The van der Waals surface area contributed by atoms with Gasteiger partial charge < -0.3 is 10.1 Å². The summed E-state index contributed by atoms with van der Waals surface area (Å²) in [4.78, 5) is 11.6. The molecule has 8 heteroatoms. The van der Waals surface area contributed by atoms with Gasteiger partial charge in [-0.3, -0.25) is 4.79 Å². The number of H-pyrrole nitrogens is 1. The molecule has 0 aliphatic carbocycles. The second kappa shape index (κ2) is 4.79. The van der Waals surface area contributed by atoms with E-state index in [-0.39, 0.29) is 5.82 Å². The lowest BCUT2D eigenvalue weighted by Gasteiger charge is -2.07. The van der Waals surface area contributed by atoms with Crippen molar-refractivity contribution in [2.24, 2.45) is 0 Å². The number of carbonyl (C=O) groups is 1. The van der Waals surface area contributed by atoms with Crippen LogP contribution in [0.2, 0.25) is 5.02 Å². The number of nitrogens with one attached hydrogen (secondary N) is 2. The van der Waals surface area contributed by atoms with E-state index in [0.29, 0.717) is 16.5 Å². The number of carbonyl (C=O) groups excluding carboxylic acids is 1. The van der Waals surface area contributed by atoms with Crippen molar-refractivity contribution in [2.75, 3.05) is 12.4 Å². The van der Waals surface area contributed by atoms with E-state index in [2.05, 4.69) is 25.9 Å². The van der Waals surface area contributed by atoms with Crippen molar-refractivity contribution in [3.05, 3.63) is 29.0 Å². The van der Waals surface area contributed by atoms with Gasteiger partial charge in [-0.25, -0.2) is 0 Å². The summed E-state index contributed by atoms with van der Waals surface area (Å²) < 4.78 is 5.02. The van der Waals surface area contributed by atoms with Gasteiger partial charge in [0.15, 0.2) is 0 Å². The first kappa shape index (κ1) is 11.3. The van der Waals surface area contributed by atoms with Crippen LogP contribution in [0, 0.1) is 0 Å². The van der Waals surface area contributed by atoms with Crippen molar-refractivity contribution in [2.45, 2.75) is 0 Å². The predicted molar refractivity (Wildman–Crippen MR) is 60.1 cm³/mol. The van der Waals surface area contributed by atoms with E-state index in [1.54, 1.807) is 18.2 Å². The van der Waals surface area contributed by atoms with Crippen LogP contribution in [0.25, 0.3) is 0 Å². The molecule has 0 radical (unpaired) electrons. The first-order valence-electron chi connectivity index (χ1n) is 4.59. The van der Waals surface area contributed by atoms with E-state index in [0.717, 1.165) is 0 Å². The number of anilines is 1. The van der Waals surface area contributed by atoms with E-state index in [4.69, 9.17) is 16.3 Å². The van der Waals surface area contributed by atoms with Gasteiger partial charge in [0.05, 0.1) is 17.8 Å². The molecule has 17 heavy (non-hydrogen) atoms. The van der Waals surface area contributed by atoms with Gasteiger partial charge in [0.1, 0.15) is 5.75 Å². The minimum Gasteiger partial charge on any atom is -0.497 e. The van der Waals surface area contributed by atoms with Crippen LogP contribution in [0.1, 0.15) is 10.6 Å². The molecule has 1 amide bonds. The molecule has 1 aromatic carbocycles. The Labute approximate surface area is 101 Å². The molecule has 1 aromatic heterocycles. The minimum atomic E-state index is -0.506. The molecule has 0 saturated heterocycles. The monoisotopic (exact) mass is 253 g/mol. The highest BCUT2D eigenvalue weighted by Crippen LogP contribution is 2.26. The van der Waals surface area contributed by atoms with Crippen LogP contribution in [0.15, 0.2) is 18.2 Å². The Hall–Kier alpha value is -2.15. The van der Waals surface area contributed by atoms with Gasteiger partial charge in [0.25, 0.3) is 11.7 Å². The number of nitrogens with zero attached hydrogens (tertiary/aromatic N) is 3. The number of ether oxygens (including phenoxy) is 1. The van der Waals surface area contributed by atoms with Crippen LogP contribution in [0.5, 0.6) is 5.75 Å². The second-order valence-corrected chi connectivity index (χ2v) is 3.44. The normalized spacial score (nSPS) is 10.0. The van der Waals surface area contributed by atoms with Gasteiger partial charge in [0.2, 0.25) is 0 Å². The standard InChI is InChI=1S/C9H8ClN5O2/c1-17-5-2-3-6(10)7(4-5)11-9(16)8-12-14-15-13-8/h2-4H,1H3,(H,11,16)(H,12,13,14,15). The maximum absolute atomic E-state index is 11.6. The number of benzene rings is 1. The molecule has 0 fully saturated rings. The Morgan fingerprint density at radius 2 is 2.35 bits per heavy atom. The van der Waals surface area contributed by atoms with Gasteiger partial charge in [0, 0.05) is 6.07 Å². The van der Waals surface area contributed by atoms with Crippen molar-refractivity contribution >= 4 is 23.2 Å². The number of halogens is 1. The molecule has 2 rings (SSSR count). The lowest BCUT2D eigenvalue weighted by atomic mass is 10.3. The Morgan fingerprint density at radius 1 is 1.53 bits per heavy atom. The number of hydrogen-bond acceptors (Lipinski definition) is 5. The number of methoxy groups -OCH3 is 1. The van der Waals surface area contributed by atoms with Crippen molar-refractivity contribution in [1.82, 2.24) is 20.6 Å². The number of amides is 1. The fraction of sp³-hybridized carbons (Fsp3) is 0.111. The lowest BCUT2D eigenvalue weighted by molar-refractivity contribution is 0.101. The molecule has 0 bridgehead atoms. The van der Waals surface area contributed by atoms with Crippen LogP contribution >= 0.6 is 11.6 Å². The van der Waals surface area contributed by atoms with E-state index >= 15 is 0 Å². The van der Waals surface area contributed by atoms with Crippen LogP contribution < -0.4 is 10.1 Å². The Morgan fingerprint density at radius 3 is 3.00 bits per heavy atom. The zero-order valence-electron chi connectivity index (χ0n) is 8.77. The first-order valence-corrected chi connectivity index (χ1v) is 4.97. The van der Waals surface area contributed by atoms with Crippen LogP contribution in [-0.4, -0.2) is 33.6 Å². The van der Waals surface area contributed by atoms with Gasteiger partial charge in [-0.1, -0.05) is 11.6 Å². The molecule has 7 nitrogen and oxygen atoms in total.